The van der Waals surface area contributed by atoms with Crippen LogP contribution < -0.4 is 5.73 Å². The van der Waals surface area contributed by atoms with Crippen molar-refractivity contribution in [3.05, 3.63) is 47.8 Å². The Morgan fingerprint density at radius 3 is 2.74 bits per heavy atom. The molecule has 0 saturated carbocycles. The molecule has 0 aliphatic heterocycles. The Kier molecular flexibility index (Phi) is 4.18. The van der Waals surface area contributed by atoms with E-state index in [9.17, 15) is 4.79 Å². The second-order valence-corrected chi connectivity index (χ2v) is 4.33. The van der Waals surface area contributed by atoms with Gasteiger partial charge < -0.3 is 10.5 Å². The lowest BCUT2D eigenvalue weighted by atomic mass is 10.1. The molecular formula is C14H17N3O2. The summed E-state index contributed by atoms with van der Waals surface area (Å²) in [5, 5.41) is 3.96. The summed E-state index contributed by atoms with van der Waals surface area (Å²) in [6.07, 6.45) is 3.24. The van der Waals surface area contributed by atoms with E-state index in [0.29, 0.717) is 12.3 Å². The van der Waals surface area contributed by atoms with E-state index in [4.69, 9.17) is 10.5 Å². The zero-order valence-electron chi connectivity index (χ0n) is 10.9. The lowest BCUT2D eigenvalue weighted by molar-refractivity contribution is 0.0494. The fourth-order valence-corrected chi connectivity index (χ4v) is 1.82. The van der Waals surface area contributed by atoms with Crippen LogP contribution >= 0.6 is 0 Å². The molecule has 0 amide bonds. The highest BCUT2D eigenvalue weighted by atomic mass is 16.5. The Morgan fingerprint density at radius 1 is 1.37 bits per heavy atom. The number of esters is 1. The van der Waals surface area contributed by atoms with E-state index >= 15 is 0 Å². The number of rotatable bonds is 5. The van der Waals surface area contributed by atoms with E-state index in [1.165, 1.54) is 10.2 Å². The maximum atomic E-state index is 11.7. The molecule has 2 aromatic rings. The number of hydrogen-bond donors (Lipinski definition) is 1. The quantitative estimate of drug-likeness (QED) is 0.656. The standard InChI is InChI=1S/C14H17N3O2/c1-17-10-12(15)13(16-17)14(18)19-9-5-8-11-6-3-2-4-7-11/h2-4,6-7,10H,5,8-9,15H2,1H3. The number of aryl methyl sites for hydroxylation is 2. The van der Waals surface area contributed by atoms with Gasteiger partial charge in [-0.3, -0.25) is 4.68 Å². The van der Waals surface area contributed by atoms with Crippen molar-refractivity contribution in [2.45, 2.75) is 12.8 Å². The first-order valence-electron chi connectivity index (χ1n) is 6.17. The lowest BCUT2D eigenvalue weighted by Gasteiger charge is -2.03. The van der Waals surface area contributed by atoms with E-state index in [1.807, 2.05) is 18.2 Å². The maximum absolute atomic E-state index is 11.7. The van der Waals surface area contributed by atoms with Crippen LogP contribution in [0.2, 0.25) is 0 Å². The second kappa shape index (κ2) is 6.04. The zero-order valence-corrected chi connectivity index (χ0v) is 10.9. The van der Waals surface area contributed by atoms with Crippen LogP contribution in [0.3, 0.4) is 0 Å². The monoisotopic (exact) mass is 259 g/mol. The molecule has 100 valence electrons. The first-order chi connectivity index (χ1) is 9.16. The molecule has 2 rings (SSSR count). The highest BCUT2D eigenvalue weighted by Crippen LogP contribution is 2.10. The fraction of sp³-hybridized carbons (Fsp3) is 0.286. The number of nitrogens with zero attached hydrogens (tertiary/aromatic N) is 2. The van der Waals surface area contributed by atoms with E-state index in [1.54, 1.807) is 13.2 Å². The average molecular weight is 259 g/mol. The molecule has 2 N–H and O–H groups in total. The normalized spacial score (nSPS) is 10.4. The summed E-state index contributed by atoms with van der Waals surface area (Å²) in [5.41, 5.74) is 7.41. The molecular weight excluding hydrogens is 242 g/mol. The first-order valence-corrected chi connectivity index (χ1v) is 6.17. The number of carbonyl (C=O) groups is 1. The lowest BCUT2D eigenvalue weighted by Crippen LogP contribution is -2.10. The predicted octanol–water partition coefficient (Wildman–Crippen LogP) is 1.79. The van der Waals surface area contributed by atoms with Crippen LogP contribution in [0.1, 0.15) is 22.5 Å². The molecule has 1 heterocycles. The topological polar surface area (TPSA) is 70.1 Å². The number of carbonyl (C=O) groups excluding carboxylic acids is 1. The molecule has 1 aromatic carbocycles. The van der Waals surface area contributed by atoms with Crippen molar-refractivity contribution in [1.82, 2.24) is 9.78 Å². The number of hydrogen-bond acceptors (Lipinski definition) is 4. The minimum atomic E-state index is -0.467. The minimum absolute atomic E-state index is 0.183. The number of nitrogen functional groups attached to an aromatic ring is 1. The molecule has 0 saturated heterocycles. The molecule has 5 nitrogen and oxygen atoms in total. The molecule has 0 spiro atoms. The summed E-state index contributed by atoms with van der Waals surface area (Å²) < 4.78 is 6.65. The van der Waals surface area contributed by atoms with Crippen LogP contribution in [-0.4, -0.2) is 22.4 Å². The van der Waals surface area contributed by atoms with Gasteiger partial charge in [-0.05, 0) is 18.4 Å². The van der Waals surface area contributed by atoms with Gasteiger partial charge in [-0.2, -0.15) is 5.10 Å². The number of aromatic nitrogens is 2. The van der Waals surface area contributed by atoms with Crippen molar-refractivity contribution < 1.29 is 9.53 Å². The second-order valence-electron chi connectivity index (χ2n) is 4.33. The van der Waals surface area contributed by atoms with Crippen molar-refractivity contribution in [2.75, 3.05) is 12.3 Å². The van der Waals surface area contributed by atoms with Crippen LogP contribution in [0.25, 0.3) is 0 Å². The summed E-state index contributed by atoms with van der Waals surface area (Å²) in [4.78, 5) is 11.7. The summed E-state index contributed by atoms with van der Waals surface area (Å²) >= 11 is 0. The molecule has 5 heteroatoms. The van der Waals surface area contributed by atoms with Crippen molar-refractivity contribution in [2.24, 2.45) is 7.05 Å². The Morgan fingerprint density at radius 2 is 2.11 bits per heavy atom. The first kappa shape index (κ1) is 13.1. The van der Waals surface area contributed by atoms with Gasteiger partial charge in [0, 0.05) is 13.2 Å². The molecule has 0 bridgehead atoms. The van der Waals surface area contributed by atoms with Crippen molar-refractivity contribution >= 4 is 11.7 Å². The van der Waals surface area contributed by atoms with Crippen molar-refractivity contribution in [3.63, 3.8) is 0 Å². The summed E-state index contributed by atoms with van der Waals surface area (Å²) in [7, 11) is 1.71. The fourth-order valence-electron chi connectivity index (χ4n) is 1.82. The average Bonchev–Trinajstić information content (AvgIpc) is 2.75. The van der Waals surface area contributed by atoms with Crippen LogP contribution in [-0.2, 0) is 18.2 Å². The Labute approximate surface area is 112 Å². The summed E-state index contributed by atoms with van der Waals surface area (Å²) in [6.45, 7) is 0.365. The van der Waals surface area contributed by atoms with Gasteiger partial charge in [0.05, 0.1) is 12.3 Å². The number of nitrogens with two attached hydrogens (primary N) is 1. The Bertz CT molecular complexity index is 549. The third-order valence-electron chi connectivity index (χ3n) is 2.74. The van der Waals surface area contributed by atoms with Crippen LogP contribution in [0.15, 0.2) is 36.5 Å². The van der Waals surface area contributed by atoms with Crippen molar-refractivity contribution in [1.29, 1.82) is 0 Å². The number of anilines is 1. The molecule has 0 atom stereocenters. The van der Waals surface area contributed by atoms with Gasteiger partial charge in [-0.25, -0.2) is 4.79 Å². The van der Waals surface area contributed by atoms with Gasteiger partial charge in [-0.15, -0.1) is 0 Å². The molecule has 0 aliphatic rings. The largest absolute Gasteiger partial charge is 0.461 e. The molecule has 0 fully saturated rings. The number of benzene rings is 1. The molecule has 0 aliphatic carbocycles. The minimum Gasteiger partial charge on any atom is -0.461 e. The Hall–Kier alpha value is -2.30. The van der Waals surface area contributed by atoms with E-state index < -0.39 is 5.97 Å². The third-order valence-corrected chi connectivity index (χ3v) is 2.74. The SMILES string of the molecule is Cn1cc(N)c(C(=O)OCCCc2ccccc2)n1. The van der Waals surface area contributed by atoms with Gasteiger partial charge >= 0.3 is 5.97 Å². The van der Waals surface area contributed by atoms with Crippen LogP contribution in [0.4, 0.5) is 5.69 Å². The van der Waals surface area contributed by atoms with Gasteiger partial charge in [0.15, 0.2) is 5.69 Å². The molecule has 19 heavy (non-hydrogen) atoms. The number of ether oxygens (including phenoxy) is 1. The molecule has 0 radical (unpaired) electrons. The third kappa shape index (κ3) is 3.58. The van der Waals surface area contributed by atoms with Crippen LogP contribution in [0, 0.1) is 0 Å². The van der Waals surface area contributed by atoms with Gasteiger partial charge in [0.2, 0.25) is 0 Å². The van der Waals surface area contributed by atoms with Crippen molar-refractivity contribution in [3.8, 4) is 0 Å². The van der Waals surface area contributed by atoms with Gasteiger partial charge in [-0.1, -0.05) is 30.3 Å². The van der Waals surface area contributed by atoms with E-state index in [2.05, 4.69) is 17.2 Å². The molecule has 1 aromatic heterocycles. The van der Waals surface area contributed by atoms with E-state index in [-0.39, 0.29) is 5.69 Å². The smallest absolute Gasteiger partial charge is 0.361 e. The summed E-state index contributed by atoms with van der Waals surface area (Å²) in [5.74, 6) is -0.467. The zero-order chi connectivity index (χ0) is 13.7. The molecule has 0 unspecified atom stereocenters. The maximum Gasteiger partial charge on any atom is 0.361 e. The van der Waals surface area contributed by atoms with E-state index in [0.717, 1.165) is 12.8 Å². The Balaban J connectivity index is 1.77. The van der Waals surface area contributed by atoms with Crippen LogP contribution in [0.5, 0.6) is 0 Å². The highest BCUT2D eigenvalue weighted by molar-refractivity contribution is 5.92. The highest BCUT2D eigenvalue weighted by Gasteiger charge is 2.15. The van der Waals surface area contributed by atoms with Gasteiger partial charge in [0.1, 0.15) is 0 Å². The summed E-state index contributed by atoms with van der Waals surface area (Å²) in [6, 6.07) is 10.1. The predicted molar refractivity (Wildman–Crippen MR) is 72.7 cm³/mol. The van der Waals surface area contributed by atoms with Gasteiger partial charge in [0.25, 0.3) is 0 Å².